The quantitative estimate of drug-likeness (QED) is 0.907. The number of amides is 2. The summed E-state index contributed by atoms with van der Waals surface area (Å²) < 4.78 is 22.7. The Bertz CT molecular complexity index is 707. The molecule has 0 radical (unpaired) electrons. The van der Waals surface area contributed by atoms with Gasteiger partial charge in [-0.15, -0.1) is 11.3 Å². The highest BCUT2D eigenvalue weighted by molar-refractivity contribution is 7.90. The molecule has 0 aliphatic rings. The summed E-state index contributed by atoms with van der Waals surface area (Å²) in [6.07, 6.45) is 1.14. The van der Waals surface area contributed by atoms with Crippen molar-refractivity contribution in [1.82, 2.24) is 5.32 Å². The predicted molar refractivity (Wildman–Crippen MR) is 84.4 cm³/mol. The minimum Gasteiger partial charge on any atom is -0.331 e. The van der Waals surface area contributed by atoms with E-state index in [-0.39, 0.29) is 17.0 Å². The fourth-order valence-corrected chi connectivity index (χ4v) is 3.12. The number of urea groups is 1. The molecule has 1 aromatic carbocycles. The minimum atomic E-state index is -3.22. The van der Waals surface area contributed by atoms with Gasteiger partial charge in [-0.05, 0) is 42.6 Å². The van der Waals surface area contributed by atoms with Crippen LogP contribution in [0.1, 0.15) is 17.8 Å². The second kappa shape index (κ2) is 6.28. The molecule has 7 heteroatoms. The minimum absolute atomic E-state index is 0.0831. The summed E-state index contributed by atoms with van der Waals surface area (Å²) in [5.74, 6) is 0. The van der Waals surface area contributed by atoms with E-state index in [1.165, 1.54) is 12.1 Å². The van der Waals surface area contributed by atoms with Crippen LogP contribution in [0.5, 0.6) is 0 Å². The summed E-state index contributed by atoms with van der Waals surface area (Å²) in [5.41, 5.74) is 0.540. The molecular formula is C14H16N2O3S2. The molecule has 2 rings (SSSR count). The highest BCUT2D eigenvalue weighted by Crippen LogP contribution is 2.18. The molecule has 0 bridgehead atoms. The van der Waals surface area contributed by atoms with Crippen LogP contribution in [0.3, 0.4) is 0 Å². The SMILES string of the molecule is C[C@@H](NC(=O)Nc1ccc(S(C)(=O)=O)cc1)c1cccs1. The molecule has 5 nitrogen and oxygen atoms in total. The Morgan fingerprint density at radius 3 is 2.38 bits per heavy atom. The number of carbonyl (C=O) groups is 1. The summed E-state index contributed by atoms with van der Waals surface area (Å²) in [5, 5.41) is 7.44. The topological polar surface area (TPSA) is 75.3 Å². The lowest BCUT2D eigenvalue weighted by Gasteiger charge is -2.13. The fourth-order valence-electron chi connectivity index (χ4n) is 1.76. The molecule has 1 heterocycles. The van der Waals surface area contributed by atoms with Crippen LogP contribution in [0.25, 0.3) is 0 Å². The van der Waals surface area contributed by atoms with Gasteiger partial charge in [-0.3, -0.25) is 0 Å². The molecule has 0 saturated heterocycles. The van der Waals surface area contributed by atoms with Gasteiger partial charge in [0.05, 0.1) is 10.9 Å². The van der Waals surface area contributed by atoms with Gasteiger partial charge in [0.25, 0.3) is 0 Å². The zero-order chi connectivity index (χ0) is 15.5. The second-order valence-electron chi connectivity index (χ2n) is 4.63. The molecule has 1 atom stereocenters. The number of hydrogen-bond acceptors (Lipinski definition) is 4. The van der Waals surface area contributed by atoms with Crippen molar-refractivity contribution in [2.45, 2.75) is 17.9 Å². The first-order valence-electron chi connectivity index (χ1n) is 6.27. The van der Waals surface area contributed by atoms with Crippen molar-refractivity contribution in [3.05, 3.63) is 46.7 Å². The number of hydrogen-bond donors (Lipinski definition) is 2. The van der Waals surface area contributed by atoms with Crippen molar-refractivity contribution < 1.29 is 13.2 Å². The van der Waals surface area contributed by atoms with Gasteiger partial charge < -0.3 is 10.6 Å². The van der Waals surface area contributed by atoms with Crippen LogP contribution in [-0.4, -0.2) is 20.7 Å². The molecule has 0 aliphatic carbocycles. The third-order valence-corrected chi connectivity index (χ3v) is 5.04. The first-order chi connectivity index (χ1) is 9.86. The summed E-state index contributed by atoms with van der Waals surface area (Å²) in [6.45, 7) is 1.90. The number of anilines is 1. The van der Waals surface area contributed by atoms with Crippen LogP contribution >= 0.6 is 11.3 Å². The van der Waals surface area contributed by atoms with Gasteiger partial charge in [0.2, 0.25) is 0 Å². The van der Waals surface area contributed by atoms with E-state index < -0.39 is 9.84 Å². The van der Waals surface area contributed by atoms with E-state index in [1.807, 2.05) is 24.4 Å². The zero-order valence-corrected chi connectivity index (χ0v) is 13.3. The Hall–Kier alpha value is -1.86. The largest absolute Gasteiger partial charge is 0.331 e. The number of nitrogens with one attached hydrogen (secondary N) is 2. The highest BCUT2D eigenvalue weighted by Gasteiger charge is 2.11. The fraction of sp³-hybridized carbons (Fsp3) is 0.214. The van der Waals surface area contributed by atoms with E-state index in [2.05, 4.69) is 10.6 Å². The molecular weight excluding hydrogens is 308 g/mol. The number of rotatable bonds is 4. The van der Waals surface area contributed by atoms with E-state index in [9.17, 15) is 13.2 Å². The van der Waals surface area contributed by atoms with Crippen molar-refractivity contribution in [2.24, 2.45) is 0 Å². The van der Waals surface area contributed by atoms with E-state index in [1.54, 1.807) is 23.5 Å². The molecule has 2 aromatic rings. The molecule has 0 saturated carbocycles. The van der Waals surface area contributed by atoms with Gasteiger partial charge >= 0.3 is 6.03 Å². The number of benzene rings is 1. The lowest BCUT2D eigenvalue weighted by molar-refractivity contribution is 0.249. The Kier molecular flexibility index (Phi) is 4.64. The molecule has 0 fully saturated rings. The lowest BCUT2D eigenvalue weighted by atomic mass is 10.3. The average Bonchev–Trinajstić information content (AvgIpc) is 2.92. The van der Waals surface area contributed by atoms with Gasteiger partial charge in [-0.1, -0.05) is 6.07 Å². The van der Waals surface area contributed by atoms with Crippen LogP contribution in [0.4, 0.5) is 10.5 Å². The van der Waals surface area contributed by atoms with E-state index in [4.69, 9.17) is 0 Å². The lowest BCUT2D eigenvalue weighted by Crippen LogP contribution is -2.30. The molecule has 0 aliphatic heterocycles. The van der Waals surface area contributed by atoms with Crippen LogP contribution in [0.15, 0.2) is 46.7 Å². The summed E-state index contributed by atoms with van der Waals surface area (Å²) in [6, 6.07) is 9.53. The smallest absolute Gasteiger partial charge is 0.319 e. The van der Waals surface area contributed by atoms with Crippen LogP contribution in [-0.2, 0) is 9.84 Å². The van der Waals surface area contributed by atoms with Crippen molar-refractivity contribution in [2.75, 3.05) is 11.6 Å². The summed E-state index contributed by atoms with van der Waals surface area (Å²) >= 11 is 1.57. The van der Waals surface area contributed by atoms with E-state index in [0.29, 0.717) is 5.69 Å². The van der Waals surface area contributed by atoms with E-state index in [0.717, 1.165) is 11.1 Å². The molecule has 21 heavy (non-hydrogen) atoms. The Balaban J connectivity index is 1.97. The molecule has 0 unspecified atom stereocenters. The maximum Gasteiger partial charge on any atom is 0.319 e. The third-order valence-electron chi connectivity index (χ3n) is 2.86. The third kappa shape index (κ3) is 4.30. The van der Waals surface area contributed by atoms with Gasteiger partial charge in [0.15, 0.2) is 9.84 Å². The van der Waals surface area contributed by atoms with Crippen LogP contribution in [0.2, 0.25) is 0 Å². The van der Waals surface area contributed by atoms with Crippen molar-refractivity contribution in [1.29, 1.82) is 0 Å². The molecule has 2 amide bonds. The van der Waals surface area contributed by atoms with Gasteiger partial charge in [-0.2, -0.15) is 0 Å². The van der Waals surface area contributed by atoms with Gasteiger partial charge in [0, 0.05) is 16.8 Å². The Labute approximate surface area is 127 Å². The Morgan fingerprint density at radius 1 is 1.19 bits per heavy atom. The zero-order valence-electron chi connectivity index (χ0n) is 11.7. The van der Waals surface area contributed by atoms with Crippen LogP contribution in [0, 0.1) is 0 Å². The summed E-state index contributed by atoms with van der Waals surface area (Å²) in [4.78, 5) is 13.2. The monoisotopic (exact) mass is 324 g/mol. The number of carbonyl (C=O) groups excluding carboxylic acids is 1. The predicted octanol–water partition coefficient (Wildman–Crippen LogP) is 3.03. The standard InChI is InChI=1S/C14H16N2O3S2/c1-10(13-4-3-9-20-13)15-14(17)16-11-5-7-12(8-6-11)21(2,18)19/h3-10H,1-2H3,(H2,15,16,17)/t10-/m1/s1. The Morgan fingerprint density at radius 2 is 1.86 bits per heavy atom. The van der Waals surface area contributed by atoms with Gasteiger partial charge in [0.1, 0.15) is 0 Å². The maximum atomic E-state index is 11.9. The first kappa shape index (κ1) is 15.5. The molecule has 112 valence electrons. The van der Waals surface area contributed by atoms with E-state index >= 15 is 0 Å². The molecule has 2 N–H and O–H groups in total. The highest BCUT2D eigenvalue weighted by atomic mass is 32.2. The second-order valence-corrected chi connectivity index (χ2v) is 7.63. The number of thiophene rings is 1. The van der Waals surface area contributed by atoms with Crippen LogP contribution < -0.4 is 10.6 Å². The normalized spacial score (nSPS) is 12.7. The van der Waals surface area contributed by atoms with Crippen molar-refractivity contribution >= 4 is 32.9 Å². The first-order valence-corrected chi connectivity index (χ1v) is 9.04. The van der Waals surface area contributed by atoms with Gasteiger partial charge in [-0.25, -0.2) is 13.2 Å². The van der Waals surface area contributed by atoms with Crippen molar-refractivity contribution in [3.63, 3.8) is 0 Å². The summed E-state index contributed by atoms with van der Waals surface area (Å²) in [7, 11) is -3.22. The average molecular weight is 324 g/mol. The molecule has 1 aromatic heterocycles. The maximum absolute atomic E-state index is 11.9. The van der Waals surface area contributed by atoms with Crippen molar-refractivity contribution in [3.8, 4) is 0 Å². The number of sulfone groups is 1. The molecule has 0 spiro atoms.